The van der Waals surface area contributed by atoms with Crippen LogP contribution in [0.1, 0.15) is 46.1 Å². The summed E-state index contributed by atoms with van der Waals surface area (Å²) < 4.78 is 48.9. The summed E-state index contributed by atoms with van der Waals surface area (Å²) in [5.74, 6) is 0.131. The Kier molecular flexibility index (Phi) is 8.21. The number of fused-ring (bicyclic) bond motifs is 1. The van der Waals surface area contributed by atoms with Crippen LogP contribution in [0.4, 0.5) is 18.9 Å². The van der Waals surface area contributed by atoms with Crippen molar-refractivity contribution in [1.82, 2.24) is 24.4 Å². The van der Waals surface area contributed by atoms with Crippen LogP contribution in [0, 0.1) is 6.92 Å². The van der Waals surface area contributed by atoms with Crippen LogP contribution in [0.15, 0.2) is 54.7 Å². The molecule has 0 saturated carbocycles. The maximum Gasteiger partial charge on any atom is 0.433 e. The Morgan fingerprint density at radius 1 is 1.02 bits per heavy atom. The highest BCUT2D eigenvalue weighted by Gasteiger charge is 2.39. The number of aliphatic hydroxyl groups is 1. The van der Waals surface area contributed by atoms with E-state index in [-0.39, 0.29) is 35.1 Å². The summed E-state index contributed by atoms with van der Waals surface area (Å²) in [4.78, 5) is 24.4. The number of amides is 1. The Labute approximate surface area is 253 Å². The second-order valence-corrected chi connectivity index (χ2v) is 11.3. The minimum atomic E-state index is -4.73. The minimum Gasteiger partial charge on any atom is -0.497 e. The average molecular weight is 609 g/mol. The Morgan fingerprint density at radius 2 is 1.73 bits per heavy atom. The molecule has 0 spiro atoms. The smallest absolute Gasteiger partial charge is 0.433 e. The van der Waals surface area contributed by atoms with Crippen LogP contribution in [0.3, 0.4) is 0 Å². The average Bonchev–Trinajstić information content (AvgIpc) is 3.72. The zero-order valence-corrected chi connectivity index (χ0v) is 24.7. The summed E-state index contributed by atoms with van der Waals surface area (Å²) in [6.45, 7) is 5.04. The number of piperazine rings is 1. The predicted octanol–water partition coefficient (Wildman–Crippen LogP) is 4.82. The molecule has 1 atom stereocenters. The molecule has 9 nitrogen and oxygen atoms in total. The molecule has 0 unspecified atom stereocenters. The standard InChI is InChI=1S/C32H35F3N6O3/c1-21-28(22-8-10-25(44-2)11-9-22)37-30-26(19-36-41(30)29(21)32(33,34)35)31(43)40-16-14-39(15-17-40)27(20-42)23-6-5-7-24(18-23)38-12-3-4-13-38/h5-11,18-19,27,42H,3-4,12-17,20H2,1-2H3/t27-/m0/s1. The lowest BCUT2D eigenvalue weighted by Gasteiger charge is -2.39. The van der Waals surface area contributed by atoms with E-state index < -0.39 is 17.8 Å². The number of carbonyl (C=O) groups excluding carboxylic acids is 1. The van der Waals surface area contributed by atoms with Crippen molar-refractivity contribution >= 4 is 17.2 Å². The number of hydrogen-bond donors (Lipinski definition) is 1. The zero-order chi connectivity index (χ0) is 31.0. The maximum absolute atomic E-state index is 14.3. The van der Waals surface area contributed by atoms with Gasteiger partial charge < -0.3 is 19.6 Å². The van der Waals surface area contributed by atoms with Crippen molar-refractivity contribution in [3.8, 4) is 17.0 Å². The van der Waals surface area contributed by atoms with E-state index in [0.717, 1.165) is 28.9 Å². The third-order valence-corrected chi connectivity index (χ3v) is 8.69. The molecule has 2 fully saturated rings. The van der Waals surface area contributed by atoms with Gasteiger partial charge in [-0.2, -0.15) is 18.3 Å². The topological polar surface area (TPSA) is 86.4 Å². The molecular weight excluding hydrogens is 573 g/mol. The van der Waals surface area contributed by atoms with Gasteiger partial charge >= 0.3 is 6.18 Å². The van der Waals surface area contributed by atoms with E-state index in [1.807, 2.05) is 12.1 Å². The van der Waals surface area contributed by atoms with Crippen molar-refractivity contribution in [2.75, 3.05) is 57.9 Å². The number of carbonyl (C=O) groups is 1. The van der Waals surface area contributed by atoms with Gasteiger partial charge in [0.05, 0.1) is 31.6 Å². The molecule has 2 aromatic carbocycles. The van der Waals surface area contributed by atoms with E-state index in [2.05, 4.69) is 32.0 Å². The quantitative estimate of drug-likeness (QED) is 0.322. The lowest BCUT2D eigenvalue weighted by molar-refractivity contribution is -0.143. The third-order valence-electron chi connectivity index (χ3n) is 8.69. The normalized spacial score (nSPS) is 17.0. The SMILES string of the molecule is COc1ccc(-c2nc3c(C(=O)N4CCN([C@@H](CO)c5cccc(N6CCCC6)c5)CC4)cnn3c(C(F)(F)F)c2C)cc1. The van der Waals surface area contributed by atoms with Crippen LogP contribution < -0.4 is 9.64 Å². The first-order valence-corrected chi connectivity index (χ1v) is 14.8. The largest absolute Gasteiger partial charge is 0.497 e. The lowest BCUT2D eigenvalue weighted by Crippen LogP contribution is -2.50. The van der Waals surface area contributed by atoms with Gasteiger partial charge in [-0.3, -0.25) is 9.69 Å². The van der Waals surface area contributed by atoms with Crippen molar-refractivity contribution in [3.63, 3.8) is 0 Å². The molecule has 1 N–H and O–H groups in total. The van der Waals surface area contributed by atoms with E-state index >= 15 is 0 Å². The van der Waals surface area contributed by atoms with Gasteiger partial charge in [0.2, 0.25) is 0 Å². The predicted molar refractivity (Wildman–Crippen MR) is 160 cm³/mol. The van der Waals surface area contributed by atoms with Gasteiger partial charge in [0.25, 0.3) is 5.91 Å². The molecule has 0 bridgehead atoms. The molecule has 4 heterocycles. The Balaban J connectivity index is 1.25. The summed E-state index contributed by atoms with van der Waals surface area (Å²) in [6.07, 6.45) is -1.21. The van der Waals surface area contributed by atoms with Crippen molar-refractivity contribution in [2.24, 2.45) is 0 Å². The van der Waals surface area contributed by atoms with E-state index in [1.165, 1.54) is 33.1 Å². The molecule has 1 amide bonds. The monoisotopic (exact) mass is 608 g/mol. The molecule has 2 aromatic heterocycles. The van der Waals surface area contributed by atoms with Gasteiger partial charge in [0, 0.05) is 56.1 Å². The number of halogens is 3. The van der Waals surface area contributed by atoms with Crippen LogP contribution in [0.5, 0.6) is 5.75 Å². The number of alkyl halides is 3. The first-order chi connectivity index (χ1) is 21.2. The lowest BCUT2D eigenvalue weighted by atomic mass is 10.0. The first-order valence-electron chi connectivity index (χ1n) is 14.8. The maximum atomic E-state index is 14.3. The molecule has 2 aliphatic heterocycles. The molecular formula is C32H35F3N6O3. The number of ether oxygens (including phenoxy) is 1. The second-order valence-electron chi connectivity index (χ2n) is 11.3. The van der Waals surface area contributed by atoms with Crippen LogP contribution >= 0.6 is 0 Å². The van der Waals surface area contributed by atoms with E-state index in [0.29, 0.717) is 37.5 Å². The Morgan fingerprint density at radius 3 is 2.36 bits per heavy atom. The third kappa shape index (κ3) is 5.59. The zero-order valence-electron chi connectivity index (χ0n) is 24.7. The molecule has 0 aliphatic carbocycles. The van der Waals surface area contributed by atoms with Crippen LogP contribution in [-0.4, -0.2) is 88.4 Å². The fraction of sp³-hybridized carbons (Fsp3) is 0.406. The van der Waals surface area contributed by atoms with Crippen molar-refractivity contribution < 1.29 is 27.8 Å². The number of aliphatic hydroxyl groups excluding tert-OH is 1. The van der Waals surface area contributed by atoms with Gasteiger partial charge in [0.1, 0.15) is 11.3 Å². The highest BCUT2D eigenvalue weighted by Crippen LogP contribution is 2.37. The van der Waals surface area contributed by atoms with Crippen molar-refractivity contribution in [3.05, 3.63) is 77.1 Å². The summed E-state index contributed by atoms with van der Waals surface area (Å²) in [5, 5.41) is 14.3. The van der Waals surface area contributed by atoms with E-state index in [9.17, 15) is 23.1 Å². The van der Waals surface area contributed by atoms with Gasteiger partial charge in [-0.1, -0.05) is 12.1 Å². The fourth-order valence-corrected chi connectivity index (χ4v) is 6.33. The number of nitrogens with zero attached hydrogens (tertiary/aromatic N) is 6. The molecule has 2 aliphatic rings. The van der Waals surface area contributed by atoms with Crippen LogP contribution in [0.2, 0.25) is 0 Å². The van der Waals surface area contributed by atoms with Crippen LogP contribution in [-0.2, 0) is 6.18 Å². The minimum absolute atomic E-state index is 0.00994. The number of benzene rings is 2. The summed E-state index contributed by atoms with van der Waals surface area (Å²) >= 11 is 0. The molecule has 44 heavy (non-hydrogen) atoms. The molecule has 6 rings (SSSR count). The molecule has 12 heteroatoms. The fourth-order valence-electron chi connectivity index (χ4n) is 6.33. The van der Waals surface area contributed by atoms with Crippen molar-refractivity contribution in [1.29, 1.82) is 0 Å². The molecule has 4 aromatic rings. The Hall–Kier alpha value is -4.16. The molecule has 2 saturated heterocycles. The van der Waals surface area contributed by atoms with Gasteiger partial charge in [-0.05, 0) is 61.7 Å². The van der Waals surface area contributed by atoms with Crippen molar-refractivity contribution in [2.45, 2.75) is 32.0 Å². The second kappa shape index (κ2) is 12.1. The molecule has 0 radical (unpaired) electrons. The van der Waals surface area contributed by atoms with E-state index in [1.54, 1.807) is 29.2 Å². The Bertz CT molecular complexity index is 1640. The molecule has 232 valence electrons. The van der Waals surface area contributed by atoms with Gasteiger partial charge in [0.15, 0.2) is 11.3 Å². The summed E-state index contributed by atoms with van der Waals surface area (Å²) in [7, 11) is 1.51. The number of methoxy groups -OCH3 is 1. The highest BCUT2D eigenvalue weighted by atomic mass is 19.4. The van der Waals surface area contributed by atoms with Gasteiger partial charge in [-0.25, -0.2) is 9.50 Å². The highest BCUT2D eigenvalue weighted by molar-refractivity contribution is 6.00. The number of anilines is 1. The summed E-state index contributed by atoms with van der Waals surface area (Å²) in [5.41, 5.74) is 1.56. The van der Waals surface area contributed by atoms with Crippen LogP contribution in [0.25, 0.3) is 16.9 Å². The summed E-state index contributed by atoms with van der Waals surface area (Å²) in [6, 6.07) is 14.6. The van der Waals surface area contributed by atoms with E-state index in [4.69, 9.17) is 4.74 Å². The first kappa shape index (κ1) is 29.9. The number of hydrogen-bond acceptors (Lipinski definition) is 7. The van der Waals surface area contributed by atoms with Gasteiger partial charge in [-0.15, -0.1) is 0 Å². The number of rotatable bonds is 7. The number of aromatic nitrogens is 3.